The van der Waals surface area contributed by atoms with Crippen molar-refractivity contribution in [2.24, 2.45) is 5.92 Å². The average molecular weight is 347 g/mol. The number of nitrogens with zero attached hydrogens (tertiary/aromatic N) is 1. The number of imide groups is 1. The summed E-state index contributed by atoms with van der Waals surface area (Å²) in [5.41, 5.74) is 1.05. The summed E-state index contributed by atoms with van der Waals surface area (Å²) in [6, 6.07) is 7.49. The molecular formula is C19H29N3O3. The van der Waals surface area contributed by atoms with Crippen LogP contribution in [0.3, 0.4) is 0 Å². The summed E-state index contributed by atoms with van der Waals surface area (Å²) >= 11 is 0. The maximum atomic E-state index is 12.1. The largest absolute Gasteiger partial charge is 0.497 e. The molecule has 1 fully saturated rings. The van der Waals surface area contributed by atoms with E-state index in [1.165, 1.54) is 6.42 Å². The van der Waals surface area contributed by atoms with Gasteiger partial charge in [0.15, 0.2) is 0 Å². The molecule has 0 saturated heterocycles. The van der Waals surface area contributed by atoms with E-state index in [0.717, 1.165) is 30.6 Å². The smallest absolute Gasteiger partial charge is 0.321 e. The predicted molar refractivity (Wildman–Crippen MR) is 97.4 cm³/mol. The van der Waals surface area contributed by atoms with Crippen LogP contribution in [0.2, 0.25) is 0 Å². The summed E-state index contributed by atoms with van der Waals surface area (Å²) in [6.45, 7) is 2.91. The Morgan fingerprint density at radius 1 is 1.28 bits per heavy atom. The van der Waals surface area contributed by atoms with E-state index in [0.29, 0.717) is 12.5 Å². The summed E-state index contributed by atoms with van der Waals surface area (Å²) in [5, 5.41) is 5.36. The first-order valence-electron chi connectivity index (χ1n) is 8.89. The van der Waals surface area contributed by atoms with Gasteiger partial charge in [0.05, 0.1) is 13.7 Å². The van der Waals surface area contributed by atoms with E-state index in [2.05, 4.69) is 17.6 Å². The van der Waals surface area contributed by atoms with Gasteiger partial charge in [-0.2, -0.15) is 0 Å². The van der Waals surface area contributed by atoms with E-state index >= 15 is 0 Å². The molecule has 2 atom stereocenters. The van der Waals surface area contributed by atoms with E-state index in [1.54, 1.807) is 7.11 Å². The minimum absolute atomic E-state index is 0.158. The summed E-state index contributed by atoms with van der Waals surface area (Å²) in [6.07, 6.45) is 4.46. The van der Waals surface area contributed by atoms with Crippen molar-refractivity contribution < 1.29 is 14.3 Å². The number of nitrogens with one attached hydrogen (secondary N) is 2. The molecule has 6 nitrogen and oxygen atoms in total. The van der Waals surface area contributed by atoms with Crippen molar-refractivity contribution >= 4 is 11.9 Å². The molecule has 1 aromatic carbocycles. The van der Waals surface area contributed by atoms with Gasteiger partial charge in [0.1, 0.15) is 5.75 Å². The Bertz CT molecular complexity index is 591. The molecule has 25 heavy (non-hydrogen) atoms. The molecule has 1 aliphatic rings. The van der Waals surface area contributed by atoms with Crippen LogP contribution >= 0.6 is 0 Å². The molecule has 0 heterocycles. The van der Waals surface area contributed by atoms with Crippen molar-refractivity contribution in [3.05, 3.63) is 29.8 Å². The van der Waals surface area contributed by atoms with Crippen LogP contribution in [-0.2, 0) is 11.3 Å². The number of carbonyl (C=O) groups is 2. The molecule has 1 aliphatic carbocycles. The van der Waals surface area contributed by atoms with Gasteiger partial charge in [-0.25, -0.2) is 4.79 Å². The van der Waals surface area contributed by atoms with Crippen LogP contribution < -0.4 is 15.4 Å². The maximum Gasteiger partial charge on any atom is 0.321 e. The molecule has 1 aromatic rings. The highest BCUT2D eigenvalue weighted by atomic mass is 16.5. The third-order valence-corrected chi connectivity index (χ3v) is 4.68. The second-order valence-electron chi connectivity index (χ2n) is 6.91. The number of hydrogen-bond acceptors (Lipinski definition) is 4. The average Bonchev–Trinajstić information content (AvgIpc) is 2.56. The SMILES string of the molecule is COc1cccc(CN(C)CC(=O)NC(=O)NC2CCCCC2C)c1. The minimum Gasteiger partial charge on any atom is -0.497 e. The van der Waals surface area contributed by atoms with Gasteiger partial charge in [-0.3, -0.25) is 15.0 Å². The van der Waals surface area contributed by atoms with Crippen molar-refractivity contribution in [2.75, 3.05) is 20.7 Å². The Labute approximate surface area is 149 Å². The second kappa shape index (κ2) is 9.42. The molecule has 3 amide bonds. The third kappa shape index (κ3) is 6.38. The number of benzene rings is 1. The zero-order valence-electron chi connectivity index (χ0n) is 15.4. The molecule has 1 saturated carbocycles. The van der Waals surface area contributed by atoms with Crippen LogP contribution in [0.15, 0.2) is 24.3 Å². The molecule has 2 unspecified atom stereocenters. The second-order valence-corrected chi connectivity index (χ2v) is 6.91. The molecule has 2 rings (SSSR count). The van der Waals surface area contributed by atoms with Gasteiger partial charge < -0.3 is 10.1 Å². The summed E-state index contributed by atoms with van der Waals surface area (Å²) < 4.78 is 5.20. The fraction of sp³-hybridized carbons (Fsp3) is 0.579. The fourth-order valence-electron chi connectivity index (χ4n) is 3.28. The lowest BCUT2D eigenvalue weighted by Gasteiger charge is -2.29. The van der Waals surface area contributed by atoms with E-state index in [9.17, 15) is 9.59 Å². The van der Waals surface area contributed by atoms with Crippen LogP contribution in [-0.4, -0.2) is 43.6 Å². The van der Waals surface area contributed by atoms with Gasteiger partial charge in [0.2, 0.25) is 5.91 Å². The molecule has 0 spiro atoms. The monoisotopic (exact) mass is 347 g/mol. The molecule has 6 heteroatoms. The standard InChI is InChI=1S/C19H29N3O3/c1-14-7-4-5-10-17(14)20-19(24)21-18(23)13-22(2)12-15-8-6-9-16(11-15)25-3/h6,8-9,11,14,17H,4-5,7,10,12-13H2,1-3H3,(H2,20,21,23,24). The van der Waals surface area contributed by atoms with Gasteiger partial charge in [0, 0.05) is 12.6 Å². The van der Waals surface area contributed by atoms with E-state index in [-0.39, 0.29) is 18.5 Å². The molecule has 0 aromatic heterocycles. The number of carbonyl (C=O) groups excluding carboxylic acids is 2. The first-order valence-corrected chi connectivity index (χ1v) is 8.89. The number of likely N-dealkylation sites (N-methyl/N-ethyl adjacent to an activating group) is 1. The molecule has 0 radical (unpaired) electrons. The van der Waals surface area contributed by atoms with Crippen LogP contribution in [0, 0.1) is 5.92 Å². The number of hydrogen-bond donors (Lipinski definition) is 2. The molecule has 138 valence electrons. The quantitative estimate of drug-likeness (QED) is 0.830. The van der Waals surface area contributed by atoms with E-state index < -0.39 is 6.03 Å². The minimum atomic E-state index is -0.390. The summed E-state index contributed by atoms with van der Waals surface area (Å²) in [7, 11) is 3.47. The Balaban J connectivity index is 1.75. The van der Waals surface area contributed by atoms with Crippen LogP contribution in [0.25, 0.3) is 0 Å². The van der Waals surface area contributed by atoms with Crippen molar-refractivity contribution in [1.29, 1.82) is 0 Å². The number of amides is 3. The lowest BCUT2D eigenvalue weighted by Crippen LogP contribution is -2.49. The highest BCUT2D eigenvalue weighted by molar-refractivity contribution is 5.95. The van der Waals surface area contributed by atoms with Crippen LogP contribution in [0.4, 0.5) is 4.79 Å². The van der Waals surface area contributed by atoms with Gasteiger partial charge in [-0.1, -0.05) is 31.9 Å². The zero-order chi connectivity index (χ0) is 18.2. The topological polar surface area (TPSA) is 70.7 Å². The summed E-state index contributed by atoms with van der Waals surface area (Å²) in [5.74, 6) is 0.952. The lowest BCUT2D eigenvalue weighted by atomic mass is 9.86. The normalized spacial score (nSPS) is 20.2. The molecule has 0 bridgehead atoms. The Hall–Kier alpha value is -2.08. The Kier molecular flexibility index (Phi) is 7.25. The van der Waals surface area contributed by atoms with Gasteiger partial charge >= 0.3 is 6.03 Å². The van der Waals surface area contributed by atoms with Gasteiger partial charge in [-0.15, -0.1) is 0 Å². The van der Waals surface area contributed by atoms with E-state index in [1.807, 2.05) is 36.2 Å². The fourth-order valence-corrected chi connectivity index (χ4v) is 3.28. The predicted octanol–water partition coefficient (Wildman–Crippen LogP) is 2.53. The van der Waals surface area contributed by atoms with Gasteiger partial charge in [-0.05, 0) is 43.5 Å². The number of rotatable bonds is 6. The zero-order valence-corrected chi connectivity index (χ0v) is 15.4. The highest BCUT2D eigenvalue weighted by Gasteiger charge is 2.23. The van der Waals surface area contributed by atoms with Crippen molar-refractivity contribution in [3.8, 4) is 5.75 Å². The first-order chi connectivity index (χ1) is 12.0. The third-order valence-electron chi connectivity index (χ3n) is 4.68. The molecule has 2 N–H and O–H groups in total. The lowest BCUT2D eigenvalue weighted by molar-refractivity contribution is -0.121. The summed E-state index contributed by atoms with van der Waals surface area (Å²) in [4.78, 5) is 25.9. The van der Waals surface area contributed by atoms with Crippen molar-refractivity contribution in [1.82, 2.24) is 15.5 Å². The van der Waals surface area contributed by atoms with Gasteiger partial charge in [0.25, 0.3) is 0 Å². The number of urea groups is 1. The molecule has 0 aliphatic heterocycles. The number of methoxy groups -OCH3 is 1. The Morgan fingerprint density at radius 2 is 2.04 bits per heavy atom. The Morgan fingerprint density at radius 3 is 2.76 bits per heavy atom. The molecular weight excluding hydrogens is 318 g/mol. The van der Waals surface area contributed by atoms with Crippen molar-refractivity contribution in [2.45, 2.75) is 45.2 Å². The van der Waals surface area contributed by atoms with Crippen LogP contribution in [0.1, 0.15) is 38.2 Å². The number of ether oxygens (including phenoxy) is 1. The van der Waals surface area contributed by atoms with Crippen LogP contribution in [0.5, 0.6) is 5.75 Å². The maximum absolute atomic E-state index is 12.1. The van der Waals surface area contributed by atoms with Crippen molar-refractivity contribution in [3.63, 3.8) is 0 Å². The first kappa shape index (κ1) is 19.2. The van der Waals surface area contributed by atoms with E-state index in [4.69, 9.17) is 4.74 Å². The highest BCUT2D eigenvalue weighted by Crippen LogP contribution is 2.23.